The van der Waals surface area contributed by atoms with Crippen molar-refractivity contribution in [1.29, 1.82) is 0 Å². The Hall–Kier alpha value is -2.63. The van der Waals surface area contributed by atoms with E-state index in [1.54, 1.807) is 24.3 Å². The van der Waals surface area contributed by atoms with Gasteiger partial charge in [-0.05, 0) is 11.6 Å². The van der Waals surface area contributed by atoms with Crippen molar-refractivity contribution in [3.05, 3.63) is 71.0 Å². The number of nitrogens with one attached hydrogen (secondary N) is 1. The van der Waals surface area contributed by atoms with Crippen molar-refractivity contribution in [2.45, 2.75) is 6.42 Å². The highest BCUT2D eigenvalue weighted by molar-refractivity contribution is 5.83. The standard InChI is InChI=1S/C15H11F3N2O/c16-12-8-14(18)13(17)6-11(12)7-15(21)20-19-9-10-4-2-1-3-5-10/h1-6,8-9H,7H2,(H,20,21). The number of hydrazone groups is 1. The Morgan fingerprint density at radius 3 is 2.43 bits per heavy atom. The van der Waals surface area contributed by atoms with E-state index in [4.69, 9.17) is 0 Å². The third kappa shape index (κ3) is 4.17. The molecule has 1 amide bonds. The van der Waals surface area contributed by atoms with Crippen LogP contribution >= 0.6 is 0 Å². The van der Waals surface area contributed by atoms with Crippen LogP contribution in [-0.2, 0) is 11.2 Å². The van der Waals surface area contributed by atoms with Crippen LogP contribution in [0.25, 0.3) is 0 Å². The van der Waals surface area contributed by atoms with Crippen molar-refractivity contribution in [3.8, 4) is 0 Å². The molecular formula is C15H11F3N2O. The largest absolute Gasteiger partial charge is 0.273 e. The average molecular weight is 292 g/mol. The van der Waals surface area contributed by atoms with Gasteiger partial charge < -0.3 is 0 Å². The van der Waals surface area contributed by atoms with Gasteiger partial charge in [-0.25, -0.2) is 18.6 Å². The lowest BCUT2D eigenvalue weighted by Gasteiger charge is -2.03. The first kappa shape index (κ1) is 14.8. The van der Waals surface area contributed by atoms with Crippen LogP contribution in [0.5, 0.6) is 0 Å². The van der Waals surface area contributed by atoms with Gasteiger partial charge >= 0.3 is 0 Å². The van der Waals surface area contributed by atoms with Gasteiger partial charge in [0.2, 0.25) is 5.91 Å². The zero-order chi connectivity index (χ0) is 15.2. The molecule has 0 aliphatic carbocycles. The fraction of sp³-hybridized carbons (Fsp3) is 0.0667. The van der Waals surface area contributed by atoms with Crippen LogP contribution in [0.4, 0.5) is 13.2 Å². The monoisotopic (exact) mass is 292 g/mol. The minimum atomic E-state index is -1.29. The number of halogens is 3. The molecule has 21 heavy (non-hydrogen) atoms. The van der Waals surface area contributed by atoms with E-state index < -0.39 is 29.8 Å². The SMILES string of the molecule is O=C(Cc1cc(F)c(F)cc1F)NN=Cc1ccccc1. The summed E-state index contributed by atoms with van der Waals surface area (Å²) in [5.41, 5.74) is 2.73. The summed E-state index contributed by atoms with van der Waals surface area (Å²) >= 11 is 0. The van der Waals surface area contributed by atoms with Gasteiger partial charge in [-0.15, -0.1) is 0 Å². The number of amides is 1. The fourth-order valence-electron chi connectivity index (χ4n) is 1.63. The maximum atomic E-state index is 13.4. The van der Waals surface area contributed by atoms with Crippen molar-refractivity contribution in [3.63, 3.8) is 0 Å². The van der Waals surface area contributed by atoms with Crippen LogP contribution in [0.2, 0.25) is 0 Å². The summed E-state index contributed by atoms with van der Waals surface area (Å²) in [6.45, 7) is 0. The van der Waals surface area contributed by atoms with Crippen LogP contribution in [0.15, 0.2) is 47.6 Å². The van der Waals surface area contributed by atoms with Crippen molar-refractivity contribution in [1.82, 2.24) is 5.43 Å². The Morgan fingerprint density at radius 1 is 1.05 bits per heavy atom. The number of nitrogens with zero attached hydrogens (tertiary/aromatic N) is 1. The van der Waals surface area contributed by atoms with E-state index in [1.165, 1.54) is 6.21 Å². The first-order valence-electron chi connectivity index (χ1n) is 6.06. The molecule has 0 spiro atoms. The molecule has 3 nitrogen and oxygen atoms in total. The number of hydrogen-bond acceptors (Lipinski definition) is 2. The van der Waals surface area contributed by atoms with Crippen molar-refractivity contribution < 1.29 is 18.0 Å². The molecule has 0 aliphatic rings. The molecule has 0 saturated carbocycles. The molecule has 2 aromatic rings. The lowest BCUT2D eigenvalue weighted by molar-refractivity contribution is -0.120. The van der Waals surface area contributed by atoms with Gasteiger partial charge in [-0.2, -0.15) is 5.10 Å². The van der Waals surface area contributed by atoms with Gasteiger partial charge in [0.25, 0.3) is 0 Å². The zero-order valence-corrected chi connectivity index (χ0v) is 10.8. The lowest BCUT2D eigenvalue weighted by Crippen LogP contribution is -2.20. The second-order valence-corrected chi connectivity index (χ2v) is 4.24. The highest BCUT2D eigenvalue weighted by atomic mass is 19.2. The molecule has 0 atom stereocenters. The minimum Gasteiger partial charge on any atom is -0.273 e. The molecular weight excluding hydrogens is 281 g/mol. The third-order valence-electron chi connectivity index (χ3n) is 2.64. The highest BCUT2D eigenvalue weighted by Crippen LogP contribution is 2.14. The first-order chi connectivity index (χ1) is 10.1. The van der Waals surface area contributed by atoms with Gasteiger partial charge in [-0.1, -0.05) is 30.3 Å². The van der Waals surface area contributed by atoms with E-state index in [9.17, 15) is 18.0 Å². The topological polar surface area (TPSA) is 41.5 Å². The number of hydrogen-bond donors (Lipinski definition) is 1. The average Bonchev–Trinajstić information content (AvgIpc) is 2.46. The van der Waals surface area contributed by atoms with Gasteiger partial charge in [0, 0.05) is 11.6 Å². The molecule has 0 aliphatic heterocycles. The summed E-state index contributed by atoms with van der Waals surface area (Å²) in [5.74, 6) is -4.10. The Kier molecular flexibility index (Phi) is 4.71. The Labute approximate surface area is 119 Å². The maximum Gasteiger partial charge on any atom is 0.244 e. The molecule has 0 fully saturated rings. The maximum absolute atomic E-state index is 13.4. The predicted molar refractivity (Wildman–Crippen MR) is 72.2 cm³/mol. The Bertz CT molecular complexity index is 672. The molecule has 0 heterocycles. The van der Waals surface area contributed by atoms with E-state index in [2.05, 4.69) is 10.5 Å². The molecule has 1 N–H and O–H groups in total. The fourth-order valence-corrected chi connectivity index (χ4v) is 1.63. The number of rotatable bonds is 4. The second kappa shape index (κ2) is 6.69. The lowest BCUT2D eigenvalue weighted by atomic mass is 10.1. The third-order valence-corrected chi connectivity index (χ3v) is 2.64. The quantitative estimate of drug-likeness (QED) is 0.525. The van der Waals surface area contributed by atoms with E-state index in [1.807, 2.05) is 6.07 Å². The summed E-state index contributed by atoms with van der Waals surface area (Å²) in [6.07, 6.45) is 0.981. The number of carbonyl (C=O) groups excluding carboxylic acids is 1. The molecule has 0 unspecified atom stereocenters. The van der Waals surface area contributed by atoms with Crippen molar-refractivity contribution in [2.24, 2.45) is 5.10 Å². The van der Waals surface area contributed by atoms with Crippen LogP contribution < -0.4 is 5.43 Å². The van der Waals surface area contributed by atoms with Gasteiger partial charge in [0.15, 0.2) is 11.6 Å². The molecule has 2 rings (SSSR count). The Morgan fingerprint density at radius 2 is 1.71 bits per heavy atom. The van der Waals surface area contributed by atoms with E-state index in [-0.39, 0.29) is 5.56 Å². The summed E-state index contributed by atoms with van der Waals surface area (Å²) < 4.78 is 39.1. The van der Waals surface area contributed by atoms with E-state index in [0.717, 1.165) is 5.56 Å². The first-order valence-corrected chi connectivity index (χ1v) is 6.06. The van der Waals surface area contributed by atoms with Gasteiger partial charge in [0.05, 0.1) is 12.6 Å². The number of benzene rings is 2. The summed E-state index contributed by atoms with van der Waals surface area (Å²) in [5, 5.41) is 3.69. The molecule has 108 valence electrons. The molecule has 0 saturated heterocycles. The Balaban J connectivity index is 1.96. The van der Waals surface area contributed by atoms with Crippen LogP contribution in [-0.4, -0.2) is 12.1 Å². The van der Waals surface area contributed by atoms with Crippen LogP contribution in [0.3, 0.4) is 0 Å². The summed E-state index contributed by atoms with van der Waals surface area (Å²) in [7, 11) is 0. The van der Waals surface area contributed by atoms with Gasteiger partial charge in [-0.3, -0.25) is 4.79 Å². The highest BCUT2D eigenvalue weighted by Gasteiger charge is 2.12. The normalized spacial score (nSPS) is 10.8. The molecule has 0 aromatic heterocycles. The van der Waals surface area contributed by atoms with Gasteiger partial charge in [0.1, 0.15) is 5.82 Å². The molecule has 0 radical (unpaired) electrons. The summed E-state index contributed by atoms with van der Waals surface area (Å²) in [6, 6.07) is 10.1. The smallest absolute Gasteiger partial charge is 0.244 e. The minimum absolute atomic E-state index is 0.235. The summed E-state index contributed by atoms with van der Waals surface area (Å²) in [4.78, 5) is 11.5. The molecule has 6 heteroatoms. The van der Waals surface area contributed by atoms with Crippen LogP contribution in [0, 0.1) is 17.5 Å². The zero-order valence-electron chi connectivity index (χ0n) is 10.8. The molecule has 0 bridgehead atoms. The van der Waals surface area contributed by atoms with Crippen molar-refractivity contribution in [2.75, 3.05) is 0 Å². The second-order valence-electron chi connectivity index (χ2n) is 4.24. The molecule has 2 aromatic carbocycles. The van der Waals surface area contributed by atoms with Crippen molar-refractivity contribution >= 4 is 12.1 Å². The predicted octanol–water partition coefficient (Wildman–Crippen LogP) is 2.80. The van der Waals surface area contributed by atoms with E-state index >= 15 is 0 Å². The van der Waals surface area contributed by atoms with E-state index in [0.29, 0.717) is 12.1 Å². The number of carbonyl (C=O) groups is 1. The van der Waals surface area contributed by atoms with Crippen LogP contribution in [0.1, 0.15) is 11.1 Å².